The summed E-state index contributed by atoms with van der Waals surface area (Å²) in [4.78, 5) is 25.0. The minimum absolute atomic E-state index is 0.124. The van der Waals surface area contributed by atoms with Crippen molar-refractivity contribution < 1.29 is 23.3 Å². The number of likely N-dealkylation sites (N-methyl/N-ethyl adjacent to an activating group) is 1. The summed E-state index contributed by atoms with van der Waals surface area (Å²) in [6.07, 6.45) is 0. The van der Waals surface area contributed by atoms with Crippen LogP contribution in [0.15, 0.2) is 29.2 Å². The average molecular weight is 360 g/mol. The highest BCUT2D eigenvalue weighted by Crippen LogP contribution is 2.26. The van der Waals surface area contributed by atoms with Crippen molar-refractivity contribution in [2.75, 3.05) is 25.5 Å². The van der Waals surface area contributed by atoms with Crippen LogP contribution in [0.3, 0.4) is 0 Å². The Morgan fingerprint density at radius 3 is 2.17 bits per heavy atom. The molecule has 0 radical (unpaired) electrons. The second kappa shape index (κ2) is 8.98. The number of nitrogens with one attached hydrogen (secondary N) is 3. The van der Waals surface area contributed by atoms with E-state index in [2.05, 4.69) is 10.6 Å². The van der Waals surface area contributed by atoms with Gasteiger partial charge in [-0.2, -0.15) is 8.78 Å². The first-order chi connectivity index (χ1) is 11.0. The van der Waals surface area contributed by atoms with E-state index in [4.69, 9.17) is 0 Å². The summed E-state index contributed by atoms with van der Waals surface area (Å²) in [6, 6.07) is 6.20. The van der Waals surface area contributed by atoms with Gasteiger partial charge in [0.25, 0.3) is 17.6 Å². The van der Waals surface area contributed by atoms with Gasteiger partial charge in [0, 0.05) is 16.1 Å². The number of hydrogen-bond donors (Lipinski definition) is 3. The number of carbonyl (C=O) groups is 2. The first-order valence-corrected chi connectivity index (χ1v) is 8.40. The van der Waals surface area contributed by atoms with Crippen molar-refractivity contribution in [3.63, 3.8) is 0 Å². The van der Waals surface area contributed by atoms with Gasteiger partial charge in [-0.3, -0.25) is 9.59 Å². The molecule has 0 fully saturated rings. The molecule has 0 aromatic heterocycles. The van der Waals surface area contributed by atoms with E-state index in [0.717, 1.165) is 4.90 Å². The lowest BCUT2D eigenvalue weighted by molar-refractivity contribution is -0.862. The topological polar surface area (TPSA) is 62.6 Å². The van der Waals surface area contributed by atoms with Crippen LogP contribution < -0.4 is 15.5 Å². The smallest absolute Gasteiger partial charge is 0.288 e. The number of carbonyl (C=O) groups excluding carboxylic acids is 2. The number of rotatable bonds is 7. The number of benzene rings is 1. The minimum atomic E-state index is -2.47. The molecule has 24 heavy (non-hydrogen) atoms. The predicted molar refractivity (Wildman–Crippen MR) is 91.4 cm³/mol. The third kappa shape index (κ3) is 8.83. The molecule has 1 aromatic carbocycles. The first kappa shape index (κ1) is 20.4. The molecular formula is C16H24F2N3O2S+. The van der Waals surface area contributed by atoms with Crippen molar-refractivity contribution in [3.8, 4) is 0 Å². The SMILES string of the molecule is C[NH+](CC(=O)Nc1ccc(SC(F)F)cc1)CC(=O)NC(C)(C)C. The lowest BCUT2D eigenvalue weighted by Crippen LogP contribution is -3.11. The van der Waals surface area contributed by atoms with Crippen LogP contribution in [-0.2, 0) is 9.59 Å². The second-order valence-electron chi connectivity index (χ2n) is 6.56. The molecule has 8 heteroatoms. The van der Waals surface area contributed by atoms with E-state index in [1.165, 1.54) is 12.1 Å². The van der Waals surface area contributed by atoms with Crippen LogP contribution in [0.25, 0.3) is 0 Å². The van der Waals surface area contributed by atoms with Crippen molar-refractivity contribution in [3.05, 3.63) is 24.3 Å². The standard InChI is InChI=1S/C16H23F2N3O2S/c1-16(2,3)20-14(23)10-21(4)9-13(22)19-11-5-7-12(8-6-11)24-15(17)18/h5-8,15H,9-10H2,1-4H3,(H,19,22)(H,20,23)/p+1. The Bertz CT molecular complexity index is 559. The molecule has 3 N–H and O–H groups in total. The van der Waals surface area contributed by atoms with Gasteiger partial charge >= 0.3 is 0 Å². The summed E-state index contributed by atoms with van der Waals surface area (Å²) in [6.45, 7) is 5.99. The molecule has 5 nitrogen and oxygen atoms in total. The van der Waals surface area contributed by atoms with Gasteiger partial charge in [0.15, 0.2) is 13.1 Å². The van der Waals surface area contributed by atoms with Gasteiger partial charge in [-0.25, -0.2) is 0 Å². The highest BCUT2D eigenvalue weighted by Gasteiger charge is 2.18. The maximum absolute atomic E-state index is 12.2. The number of thioether (sulfide) groups is 1. The van der Waals surface area contributed by atoms with Gasteiger partial charge in [0.2, 0.25) is 0 Å². The van der Waals surface area contributed by atoms with Gasteiger partial charge in [0.1, 0.15) is 0 Å². The summed E-state index contributed by atoms with van der Waals surface area (Å²) in [7, 11) is 1.75. The van der Waals surface area contributed by atoms with Gasteiger partial charge in [-0.05, 0) is 45.0 Å². The lowest BCUT2D eigenvalue weighted by atomic mass is 10.1. The van der Waals surface area contributed by atoms with Crippen LogP contribution in [0.5, 0.6) is 0 Å². The Hall–Kier alpha value is -1.67. The number of anilines is 1. The van der Waals surface area contributed by atoms with Crippen LogP contribution >= 0.6 is 11.8 Å². The highest BCUT2D eigenvalue weighted by molar-refractivity contribution is 7.99. The van der Waals surface area contributed by atoms with Gasteiger partial charge in [-0.1, -0.05) is 11.8 Å². The fourth-order valence-electron chi connectivity index (χ4n) is 2.00. The van der Waals surface area contributed by atoms with Crippen molar-refractivity contribution >= 4 is 29.3 Å². The fraction of sp³-hybridized carbons (Fsp3) is 0.500. The van der Waals surface area contributed by atoms with Crippen LogP contribution in [0.2, 0.25) is 0 Å². The van der Waals surface area contributed by atoms with E-state index in [9.17, 15) is 18.4 Å². The Labute approximate surface area is 145 Å². The van der Waals surface area contributed by atoms with Gasteiger partial charge in [0.05, 0.1) is 7.05 Å². The normalized spacial score (nSPS) is 12.8. The molecule has 1 rings (SSSR count). The summed E-state index contributed by atoms with van der Waals surface area (Å²) >= 11 is 0.453. The van der Waals surface area contributed by atoms with E-state index in [1.54, 1.807) is 19.2 Å². The summed E-state index contributed by atoms with van der Waals surface area (Å²) < 4.78 is 24.5. The summed E-state index contributed by atoms with van der Waals surface area (Å²) in [5.41, 5.74) is 0.225. The molecule has 0 aliphatic rings. The summed E-state index contributed by atoms with van der Waals surface area (Å²) in [5, 5.41) is 5.53. The largest absolute Gasteiger partial charge is 0.347 e. The number of amides is 2. The number of hydrogen-bond acceptors (Lipinski definition) is 3. The Kier molecular flexibility index (Phi) is 7.62. The zero-order chi connectivity index (χ0) is 18.3. The molecule has 0 saturated heterocycles. The van der Waals surface area contributed by atoms with E-state index >= 15 is 0 Å². The number of halogens is 2. The molecule has 1 unspecified atom stereocenters. The molecule has 2 amide bonds. The van der Waals surface area contributed by atoms with E-state index in [-0.39, 0.29) is 30.4 Å². The van der Waals surface area contributed by atoms with E-state index in [1.807, 2.05) is 20.8 Å². The number of alkyl halides is 2. The van der Waals surface area contributed by atoms with Crippen LogP contribution in [0.4, 0.5) is 14.5 Å². The molecule has 0 bridgehead atoms. The molecule has 0 spiro atoms. The molecule has 1 aromatic rings. The van der Waals surface area contributed by atoms with Crippen LogP contribution in [0, 0.1) is 0 Å². The van der Waals surface area contributed by atoms with Crippen LogP contribution in [0.1, 0.15) is 20.8 Å². The van der Waals surface area contributed by atoms with Gasteiger partial charge in [-0.15, -0.1) is 0 Å². The predicted octanol–water partition coefficient (Wildman–Crippen LogP) is 1.37. The zero-order valence-corrected chi connectivity index (χ0v) is 15.1. The fourth-order valence-corrected chi connectivity index (χ4v) is 2.50. The monoisotopic (exact) mass is 360 g/mol. The van der Waals surface area contributed by atoms with Crippen molar-refractivity contribution in [2.45, 2.75) is 37.0 Å². The van der Waals surface area contributed by atoms with E-state index < -0.39 is 5.76 Å². The zero-order valence-electron chi connectivity index (χ0n) is 14.3. The molecular weight excluding hydrogens is 336 g/mol. The lowest BCUT2D eigenvalue weighted by Gasteiger charge is -2.21. The molecule has 0 saturated carbocycles. The molecule has 0 aliphatic heterocycles. The highest BCUT2D eigenvalue weighted by atomic mass is 32.2. The van der Waals surface area contributed by atoms with E-state index in [0.29, 0.717) is 22.3 Å². The third-order valence-corrected chi connectivity index (χ3v) is 3.52. The first-order valence-electron chi connectivity index (χ1n) is 7.52. The molecule has 0 heterocycles. The second-order valence-corrected chi connectivity index (χ2v) is 7.62. The van der Waals surface area contributed by atoms with Crippen molar-refractivity contribution in [1.29, 1.82) is 0 Å². The number of quaternary nitrogens is 1. The van der Waals surface area contributed by atoms with Crippen molar-refractivity contribution in [2.24, 2.45) is 0 Å². The van der Waals surface area contributed by atoms with Crippen LogP contribution in [-0.4, -0.2) is 43.2 Å². The maximum atomic E-state index is 12.2. The molecule has 0 aliphatic carbocycles. The Balaban J connectivity index is 2.43. The Morgan fingerprint density at radius 2 is 1.67 bits per heavy atom. The quantitative estimate of drug-likeness (QED) is 0.644. The van der Waals surface area contributed by atoms with Crippen molar-refractivity contribution in [1.82, 2.24) is 5.32 Å². The Morgan fingerprint density at radius 1 is 1.12 bits per heavy atom. The van der Waals surface area contributed by atoms with Gasteiger partial charge < -0.3 is 15.5 Å². The maximum Gasteiger partial charge on any atom is 0.288 e. The summed E-state index contributed by atoms with van der Waals surface area (Å²) in [5.74, 6) is -2.84. The average Bonchev–Trinajstić information content (AvgIpc) is 2.37. The molecule has 1 atom stereocenters. The third-order valence-electron chi connectivity index (χ3n) is 2.80. The minimum Gasteiger partial charge on any atom is -0.347 e. The molecule has 134 valence electrons.